The molecule has 0 aliphatic rings. The van der Waals surface area contributed by atoms with E-state index in [9.17, 15) is 4.39 Å². The van der Waals surface area contributed by atoms with E-state index in [1.165, 1.54) is 6.07 Å². The van der Waals surface area contributed by atoms with Crippen molar-refractivity contribution in [3.63, 3.8) is 0 Å². The highest BCUT2D eigenvalue weighted by Gasteiger charge is 2.07. The summed E-state index contributed by atoms with van der Waals surface area (Å²) in [6, 6.07) is 8.22. The van der Waals surface area contributed by atoms with Gasteiger partial charge in [-0.05, 0) is 30.7 Å². The molecule has 2 nitrogen and oxygen atoms in total. The molecule has 4 heteroatoms. The lowest BCUT2D eigenvalue weighted by Gasteiger charge is -2.04. The van der Waals surface area contributed by atoms with Crippen LogP contribution in [0.25, 0.3) is 11.3 Å². The zero-order valence-corrected chi connectivity index (χ0v) is 8.79. The van der Waals surface area contributed by atoms with Gasteiger partial charge in [0, 0.05) is 5.56 Å². The van der Waals surface area contributed by atoms with Gasteiger partial charge < -0.3 is 0 Å². The lowest BCUT2D eigenvalue weighted by molar-refractivity contribution is 0.619. The number of hydrogen-bond acceptors (Lipinski definition) is 2. The summed E-state index contributed by atoms with van der Waals surface area (Å²) in [6.45, 7) is 1.71. The maximum Gasteiger partial charge on any atom is 0.151 e. The third kappa shape index (κ3) is 1.97. The summed E-state index contributed by atoms with van der Waals surface area (Å²) in [6.07, 6.45) is 0. The van der Waals surface area contributed by atoms with Crippen LogP contribution in [0.2, 0.25) is 5.15 Å². The summed E-state index contributed by atoms with van der Waals surface area (Å²) in [5.41, 5.74) is 1.92. The second-order valence-electron chi connectivity index (χ2n) is 3.15. The van der Waals surface area contributed by atoms with E-state index in [0.29, 0.717) is 16.4 Å². The molecular weight excluding hydrogens is 215 g/mol. The van der Waals surface area contributed by atoms with Crippen molar-refractivity contribution in [2.75, 3.05) is 0 Å². The van der Waals surface area contributed by atoms with Gasteiger partial charge >= 0.3 is 0 Å². The van der Waals surface area contributed by atoms with Crippen LogP contribution < -0.4 is 0 Å². The average molecular weight is 223 g/mol. The third-order valence-electron chi connectivity index (χ3n) is 2.18. The molecule has 0 bridgehead atoms. The van der Waals surface area contributed by atoms with E-state index < -0.39 is 0 Å². The van der Waals surface area contributed by atoms with E-state index in [0.717, 1.165) is 5.56 Å². The summed E-state index contributed by atoms with van der Waals surface area (Å²) in [5, 5.41) is 7.95. The van der Waals surface area contributed by atoms with Crippen molar-refractivity contribution in [1.29, 1.82) is 0 Å². The van der Waals surface area contributed by atoms with Gasteiger partial charge in [-0.3, -0.25) is 0 Å². The first-order valence-corrected chi connectivity index (χ1v) is 4.81. The molecule has 15 heavy (non-hydrogen) atoms. The van der Waals surface area contributed by atoms with Gasteiger partial charge in [-0.25, -0.2) is 4.39 Å². The first kappa shape index (κ1) is 10.1. The molecule has 1 aromatic carbocycles. The molecule has 2 aromatic rings. The highest BCUT2D eigenvalue weighted by Crippen LogP contribution is 2.23. The van der Waals surface area contributed by atoms with Crippen molar-refractivity contribution in [3.8, 4) is 11.3 Å². The Hall–Kier alpha value is -1.48. The quantitative estimate of drug-likeness (QED) is 0.740. The second kappa shape index (κ2) is 3.95. The van der Waals surface area contributed by atoms with Crippen molar-refractivity contribution in [2.45, 2.75) is 6.92 Å². The van der Waals surface area contributed by atoms with Gasteiger partial charge in [-0.1, -0.05) is 23.7 Å². The maximum absolute atomic E-state index is 13.3. The monoisotopic (exact) mass is 222 g/mol. The van der Waals surface area contributed by atoms with Gasteiger partial charge in [0.15, 0.2) is 5.15 Å². The average Bonchev–Trinajstić information content (AvgIpc) is 2.24. The summed E-state index contributed by atoms with van der Waals surface area (Å²) in [7, 11) is 0. The van der Waals surface area contributed by atoms with Crippen LogP contribution in [0, 0.1) is 12.7 Å². The molecular formula is C11H8ClFN2. The van der Waals surface area contributed by atoms with Gasteiger partial charge in [0.25, 0.3) is 0 Å². The van der Waals surface area contributed by atoms with E-state index in [2.05, 4.69) is 10.2 Å². The molecule has 0 unspecified atom stereocenters. The fourth-order valence-corrected chi connectivity index (χ4v) is 1.45. The van der Waals surface area contributed by atoms with Gasteiger partial charge in [0.2, 0.25) is 0 Å². The van der Waals surface area contributed by atoms with Crippen molar-refractivity contribution in [1.82, 2.24) is 10.2 Å². The molecule has 0 amide bonds. The maximum atomic E-state index is 13.3. The molecule has 0 spiro atoms. The van der Waals surface area contributed by atoms with Gasteiger partial charge in [-0.15, -0.1) is 10.2 Å². The fraction of sp³-hybridized carbons (Fsp3) is 0.0909. The number of halogens is 2. The van der Waals surface area contributed by atoms with Crippen LogP contribution >= 0.6 is 11.6 Å². The van der Waals surface area contributed by atoms with E-state index in [1.807, 2.05) is 0 Å². The first-order valence-electron chi connectivity index (χ1n) is 4.43. The van der Waals surface area contributed by atoms with Crippen LogP contribution in [0.5, 0.6) is 0 Å². The number of benzene rings is 1. The van der Waals surface area contributed by atoms with Crippen LogP contribution in [-0.2, 0) is 0 Å². The molecule has 0 aliphatic carbocycles. The van der Waals surface area contributed by atoms with Gasteiger partial charge in [-0.2, -0.15) is 0 Å². The van der Waals surface area contributed by atoms with Crippen LogP contribution in [0.3, 0.4) is 0 Å². The molecule has 0 atom stereocenters. The minimum atomic E-state index is -0.246. The number of hydrogen-bond donors (Lipinski definition) is 0. The van der Waals surface area contributed by atoms with E-state index in [1.54, 1.807) is 31.2 Å². The lowest BCUT2D eigenvalue weighted by Crippen LogP contribution is -1.92. The van der Waals surface area contributed by atoms with Crippen molar-refractivity contribution < 1.29 is 4.39 Å². The molecule has 0 aliphatic heterocycles. The molecule has 0 radical (unpaired) electrons. The largest absolute Gasteiger partial charge is 0.207 e. The molecule has 0 N–H and O–H groups in total. The van der Waals surface area contributed by atoms with Crippen LogP contribution in [0.15, 0.2) is 30.3 Å². The summed E-state index contributed by atoms with van der Waals surface area (Å²) < 4.78 is 13.3. The summed E-state index contributed by atoms with van der Waals surface area (Å²) in [5.74, 6) is -0.246. The Labute approximate surface area is 91.7 Å². The number of nitrogens with zero attached hydrogens (tertiary/aromatic N) is 2. The first-order chi connectivity index (χ1) is 7.18. The fourth-order valence-electron chi connectivity index (χ4n) is 1.34. The standard InChI is InChI=1S/C11H8ClFN2/c1-7-8(3-2-4-9(7)13)10-5-6-11(12)15-14-10/h2-6H,1H3. The van der Waals surface area contributed by atoms with Gasteiger partial charge in [0.05, 0.1) is 5.69 Å². The molecule has 2 rings (SSSR count). The smallest absolute Gasteiger partial charge is 0.151 e. The Morgan fingerprint density at radius 1 is 1.13 bits per heavy atom. The van der Waals surface area contributed by atoms with Crippen molar-refractivity contribution in [3.05, 3.63) is 46.9 Å². The van der Waals surface area contributed by atoms with Crippen molar-refractivity contribution >= 4 is 11.6 Å². The van der Waals surface area contributed by atoms with E-state index in [4.69, 9.17) is 11.6 Å². The van der Waals surface area contributed by atoms with Crippen LogP contribution in [-0.4, -0.2) is 10.2 Å². The third-order valence-corrected chi connectivity index (χ3v) is 2.38. The Morgan fingerprint density at radius 3 is 2.60 bits per heavy atom. The minimum Gasteiger partial charge on any atom is -0.207 e. The van der Waals surface area contributed by atoms with Gasteiger partial charge in [0.1, 0.15) is 5.82 Å². The Balaban J connectivity index is 2.54. The Bertz CT molecular complexity index is 482. The Kier molecular flexibility index (Phi) is 2.64. The van der Waals surface area contributed by atoms with Crippen LogP contribution in [0.1, 0.15) is 5.56 Å². The minimum absolute atomic E-state index is 0.246. The summed E-state index contributed by atoms with van der Waals surface area (Å²) in [4.78, 5) is 0. The number of rotatable bonds is 1. The highest BCUT2D eigenvalue weighted by molar-refractivity contribution is 6.29. The molecule has 76 valence electrons. The second-order valence-corrected chi connectivity index (χ2v) is 3.54. The normalized spacial score (nSPS) is 10.3. The molecule has 1 heterocycles. The van der Waals surface area contributed by atoms with Crippen LogP contribution in [0.4, 0.5) is 4.39 Å². The molecule has 0 saturated carbocycles. The number of aromatic nitrogens is 2. The molecule has 0 saturated heterocycles. The predicted octanol–water partition coefficient (Wildman–Crippen LogP) is 3.24. The summed E-state index contributed by atoms with van der Waals surface area (Å²) >= 11 is 5.62. The zero-order valence-electron chi connectivity index (χ0n) is 8.04. The lowest BCUT2D eigenvalue weighted by atomic mass is 10.1. The zero-order chi connectivity index (χ0) is 10.8. The van der Waals surface area contributed by atoms with E-state index >= 15 is 0 Å². The van der Waals surface area contributed by atoms with Crippen molar-refractivity contribution in [2.24, 2.45) is 0 Å². The topological polar surface area (TPSA) is 25.8 Å². The predicted molar refractivity (Wildman–Crippen MR) is 57.2 cm³/mol. The Morgan fingerprint density at radius 2 is 1.93 bits per heavy atom. The molecule has 1 aromatic heterocycles. The SMILES string of the molecule is Cc1c(F)cccc1-c1ccc(Cl)nn1. The highest BCUT2D eigenvalue weighted by atomic mass is 35.5. The van der Waals surface area contributed by atoms with E-state index in [-0.39, 0.29) is 5.82 Å². The molecule has 0 fully saturated rings.